The highest BCUT2D eigenvalue weighted by Gasteiger charge is 2.18. The minimum absolute atomic E-state index is 0.327. The largest absolute Gasteiger partial charge is 0.477 e. The zero-order valence-electron chi connectivity index (χ0n) is 10.5. The number of hydrogen-bond donors (Lipinski definition) is 1. The van der Waals surface area contributed by atoms with E-state index in [0.29, 0.717) is 23.5 Å². The van der Waals surface area contributed by atoms with Crippen LogP contribution in [-0.4, -0.2) is 23.1 Å². The van der Waals surface area contributed by atoms with Crippen LogP contribution in [0.25, 0.3) is 0 Å². The summed E-state index contributed by atoms with van der Waals surface area (Å²) in [6.07, 6.45) is 0.622. The van der Waals surface area contributed by atoms with Gasteiger partial charge >= 0.3 is 5.97 Å². The van der Waals surface area contributed by atoms with Crippen LogP contribution in [0.2, 0.25) is 4.34 Å². The molecule has 2 aromatic rings. The van der Waals surface area contributed by atoms with E-state index in [1.165, 1.54) is 22.7 Å². The van der Waals surface area contributed by atoms with Crippen molar-refractivity contribution in [2.24, 2.45) is 0 Å². The number of thiophene rings is 1. The Kier molecular flexibility index (Phi) is 4.44. The van der Waals surface area contributed by atoms with Crippen molar-refractivity contribution >= 4 is 45.4 Å². The monoisotopic (exact) mass is 316 g/mol. The van der Waals surface area contributed by atoms with Gasteiger partial charge in [0.05, 0.1) is 16.6 Å². The first-order chi connectivity index (χ1) is 9.01. The van der Waals surface area contributed by atoms with Crippen LogP contribution in [0.3, 0.4) is 0 Å². The molecule has 0 spiro atoms. The molecule has 0 bridgehead atoms. The Morgan fingerprint density at radius 1 is 1.47 bits per heavy atom. The molecule has 0 amide bonds. The van der Waals surface area contributed by atoms with E-state index in [9.17, 15) is 4.79 Å². The molecule has 0 aromatic carbocycles. The Morgan fingerprint density at radius 2 is 2.21 bits per heavy atom. The van der Waals surface area contributed by atoms with Crippen molar-refractivity contribution in [2.75, 3.05) is 11.9 Å². The van der Waals surface area contributed by atoms with Crippen molar-refractivity contribution in [1.82, 2.24) is 4.98 Å². The molecule has 0 fully saturated rings. The lowest BCUT2D eigenvalue weighted by molar-refractivity contribution is 0.0701. The molecule has 2 heterocycles. The van der Waals surface area contributed by atoms with Gasteiger partial charge in [-0.1, -0.05) is 29.9 Å². The highest BCUT2D eigenvalue weighted by Crippen LogP contribution is 2.29. The van der Waals surface area contributed by atoms with Crippen LogP contribution >= 0.6 is 34.3 Å². The molecule has 4 nitrogen and oxygen atoms in total. The predicted molar refractivity (Wildman–Crippen MR) is 79.9 cm³/mol. The van der Waals surface area contributed by atoms with Gasteiger partial charge in [-0.2, -0.15) is 0 Å². The number of aromatic nitrogens is 1. The molecule has 0 saturated carbocycles. The maximum Gasteiger partial charge on any atom is 0.347 e. The summed E-state index contributed by atoms with van der Waals surface area (Å²) in [7, 11) is 1.90. The molecule has 0 saturated heterocycles. The zero-order chi connectivity index (χ0) is 14.0. The second-order valence-corrected chi connectivity index (χ2v) is 6.77. The van der Waals surface area contributed by atoms with Gasteiger partial charge in [0.1, 0.15) is 4.88 Å². The number of rotatable bonds is 5. The van der Waals surface area contributed by atoms with Crippen molar-refractivity contribution in [3.63, 3.8) is 0 Å². The average molecular weight is 317 g/mol. The molecule has 0 aliphatic heterocycles. The molecule has 0 aliphatic carbocycles. The molecular weight excluding hydrogens is 304 g/mol. The van der Waals surface area contributed by atoms with Gasteiger partial charge < -0.3 is 10.0 Å². The number of aromatic carboxylic acids is 1. The minimum Gasteiger partial charge on any atom is -0.477 e. The summed E-state index contributed by atoms with van der Waals surface area (Å²) in [4.78, 5) is 18.9. The van der Waals surface area contributed by atoms with Crippen LogP contribution in [0.4, 0.5) is 5.13 Å². The molecule has 2 rings (SSSR count). The van der Waals surface area contributed by atoms with Crippen molar-refractivity contribution in [3.8, 4) is 0 Å². The third kappa shape index (κ3) is 3.26. The van der Waals surface area contributed by atoms with Crippen LogP contribution in [0.15, 0.2) is 12.1 Å². The van der Waals surface area contributed by atoms with Crippen molar-refractivity contribution in [3.05, 3.63) is 31.9 Å². The van der Waals surface area contributed by atoms with Crippen LogP contribution in [-0.2, 0) is 13.0 Å². The Bertz CT molecular complexity index is 594. The van der Waals surface area contributed by atoms with Gasteiger partial charge in [0, 0.05) is 11.9 Å². The number of aryl methyl sites for hydroxylation is 1. The molecule has 19 heavy (non-hydrogen) atoms. The summed E-state index contributed by atoms with van der Waals surface area (Å²) in [5.74, 6) is -0.909. The quantitative estimate of drug-likeness (QED) is 0.912. The molecule has 0 aliphatic rings. The fourth-order valence-electron chi connectivity index (χ4n) is 1.65. The van der Waals surface area contributed by atoms with Crippen LogP contribution < -0.4 is 4.90 Å². The van der Waals surface area contributed by atoms with Gasteiger partial charge in [0.25, 0.3) is 0 Å². The normalized spacial score (nSPS) is 10.7. The van der Waals surface area contributed by atoms with E-state index in [1.807, 2.05) is 31.0 Å². The molecule has 2 aromatic heterocycles. The van der Waals surface area contributed by atoms with E-state index in [0.717, 1.165) is 14.3 Å². The van der Waals surface area contributed by atoms with Crippen molar-refractivity contribution < 1.29 is 9.90 Å². The van der Waals surface area contributed by atoms with Gasteiger partial charge in [-0.05, 0) is 18.6 Å². The van der Waals surface area contributed by atoms with Crippen molar-refractivity contribution in [1.29, 1.82) is 0 Å². The van der Waals surface area contributed by atoms with E-state index in [2.05, 4.69) is 4.98 Å². The predicted octanol–water partition coefficient (Wildman–Crippen LogP) is 3.76. The third-order valence-electron chi connectivity index (χ3n) is 2.56. The number of anilines is 1. The van der Waals surface area contributed by atoms with E-state index < -0.39 is 5.97 Å². The fraction of sp³-hybridized carbons (Fsp3) is 0.333. The van der Waals surface area contributed by atoms with Gasteiger partial charge in [0.2, 0.25) is 0 Å². The number of thiazole rings is 1. The first kappa shape index (κ1) is 14.3. The lowest BCUT2D eigenvalue weighted by atomic mass is 10.3. The summed E-state index contributed by atoms with van der Waals surface area (Å²) in [5.41, 5.74) is 0.642. The lowest BCUT2D eigenvalue weighted by Crippen LogP contribution is -2.15. The van der Waals surface area contributed by atoms with Crippen molar-refractivity contribution in [2.45, 2.75) is 19.9 Å². The fourth-order valence-corrected chi connectivity index (χ4v) is 3.74. The first-order valence-electron chi connectivity index (χ1n) is 5.69. The maximum atomic E-state index is 11.1. The Morgan fingerprint density at radius 3 is 2.68 bits per heavy atom. The van der Waals surface area contributed by atoms with E-state index in [4.69, 9.17) is 16.7 Å². The van der Waals surface area contributed by atoms with Crippen LogP contribution in [0.1, 0.15) is 27.2 Å². The average Bonchev–Trinajstić information content (AvgIpc) is 2.95. The maximum absolute atomic E-state index is 11.1. The minimum atomic E-state index is -0.909. The Labute approximate surface area is 124 Å². The van der Waals surface area contributed by atoms with E-state index >= 15 is 0 Å². The number of carboxylic acid groups (broad SMARTS) is 1. The molecule has 1 N–H and O–H groups in total. The number of nitrogens with zero attached hydrogens (tertiary/aromatic N) is 2. The second kappa shape index (κ2) is 5.90. The number of halogens is 1. The van der Waals surface area contributed by atoms with Gasteiger partial charge in [-0.3, -0.25) is 0 Å². The smallest absolute Gasteiger partial charge is 0.347 e. The molecular formula is C12H13ClN2O2S2. The zero-order valence-corrected chi connectivity index (χ0v) is 12.9. The van der Waals surface area contributed by atoms with E-state index in [-0.39, 0.29) is 0 Å². The molecule has 0 atom stereocenters. The first-order valence-corrected chi connectivity index (χ1v) is 7.70. The topological polar surface area (TPSA) is 53.4 Å². The standard InChI is InChI=1S/C12H13ClN2O2S2/c1-3-8-10(11(16)17)19-12(14-8)15(2)6-7-4-5-9(13)18-7/h4-5H,3,6H2,1-2H3,(H,16,17). The Hall–Kier alpha value is -1.11. The number of carbonyl (C=O) groups is 1. The Balaban J connectivity index is 2.19. The lowest BCUT2D eigenvalue weighted by Gasteiger charge is -2.13. The highest BCUT2D eigenvalue weighted by atomic mass is 35.5. The van der Waals surface area contributed by atoms with E-state index in [1.54, 1.807) is 0 Å². The molecule has 7 heteroatoms. The summed E-state index contributed by atoms with van der Waals surface area (Å²) >= 11 is 8.62. The summed E-state index contributed by atoms with van der Waals surface area (Å²) in [6, 6.07) is 3.83. The summed E-state index contributed by atoms with van der Waals surface area (Å²) < 4.78 is 0.753. The van der Waals surface area contributed by atoms with Crippen LogP contribution in [0, 0.1) is 0 Å². The van der Waals surface area contributed by atoms with Gasteiger partial charge in [-0.15, -0.1) is 11.3 Å². The summed E-state index contributed by atoms with van der Waals surface area (Å²) in [6.45, 7) is 2.58. The summed E-state index contributed by atoms with van der Waals surface area (Å²) in [5, 5.41) is 9.84. The SMILES string of the molecule is CCc1nc(N(C)Cc2ccc(Cl)s2)sc1C(=O)O. The number of carboxylic acids is 1. The second-order valence-electron chi connectivity index (χ2n) is 3.99. The van der Waals surface area contributed by atoms with Crippen LogP contribution in [0.5, 0.6) is 0 Å². The van der Waals surface area contributed by atoms with Gasteiger partial charge in [0.15, 0.2) is 5.13 Å². The van der Waals surface area contributed by atoms with Gasteiger partial charge in [-0.25, -0.2) is 9.78 Å². The molecule has 0 radical (unpaired) electrons. The third-order valence-corrected chi connectivity index (χ3v) is 4.98. The molecule has 102 valence electrons. The highest BCUT2D eigenvalue weighted by molar-refractivity contribution is 7.17. The molecule has 0 unspecified atom stereocenters. The number of hydrogen-bond acceptors (Lipinski definition) is 5.